The Morgan fingerprint density at radius 1 is 0.963 bits per heavy atom. The lowest BCUT2D eigenvalue weighted by molar-refractivity contribution is 0.487. The number of pyridine rings is 1. The van der Waals surface area contributed by atoms with Crippen LogP contribution in [0, 0.1) is 0 Å². The number of nitrogens with one attached hydrogen (secondary N) is 3. The minimum absolute atomic E-state index is 0.164. The van der Waals surface area contributed by atoms with Gasteiger partial charge in [-0.15, -0.1) is 0 Å². The molecule has 3 N–H and O–H groups in total. The zero-order valence-corrected chi connectivity index (χ0v) is 14.7. The number of hydrogen-bond donors (Lipinski definition) is 3. The first-order chi connectivity index (χ1) is 13.0. The van der Waals surface area contributed by atoms with E-state index >= 15 is 0 Å². The summed E-state index contributed by atoms with van der Waals surface area (Å²) >= 11 is 0. The molecule has 0 bridgehead atoms. The molecule has 4 aromatic rings. The minimum Gasteiger partial charge on any atom is -0.455 e. The molecule has 27 heavy (non-hydrogen) atoms. The number of aromatic amines is 2. The molecule has 136 valence electrons. The number of rotatable bonds is 5. The predicted molar refractivity (Wildman–Crippen MR) is 100 cm³/mol. The van der Waals surface area contributed by atoms with Crippen LogP contribution in [0.2, 0.25) is 0 Å². The second-order valence-corrected chi connectivity index (χ2v) is 7.34. The van der Waals surface area contributed by atoms with Crippen LogP contribution in [0.4, 0.5) is 5.69 Å². The molecule has 0 aliphatic heterocycles. The topological polar surface area (TPSA) is 117 Å². The number of imidazole rings is 1. The predicted octanol–water partition coefficient (Wildman–Crippen LogP) is 2.84. The summed E-state index contributed by atoms with van der Waals surface area (Å²) in [5.74, 6) is 0.791. The summed E-state index contributed by atoms with van der Waals surface area (Å²) in [6, 6.07) is 16.2. The van der Waals surface area contributed by atoms with E-state index in [0.717, 1.165) is 0 Å². The molecule has 2 heterocycles. The third-order valence-corrected chi connectivity index (χ3v) is 5.15. The summed E-state index contributed by atoms with van der Waals surface area (Å²) in [5.41, 5.74) is 0.762. The van der Waals surface area contributed by atoms with Crippen LogP contribution in [0.15, 0.2) is 76.6 Å². The molecule has 2 aromatic carbocycles. The Bertz CT molecular complexity index is 1260. The molecular weight excluding hydrogens is 368 g/mol. The van der Waals surface area contributed by atoms with Gasteiger partial charge in [0.15, 0.2) is 11.4 Å². The average molecular weight is 382 g/mol. The summed E-state index contributed by atoms with van der Waals surface area (Å²) in [4.78, 5) is 20.8. The molecule has 0 fully saturated rings. The van der Waals surface area contributed by atoms with E-state index in [1.807, 2.05) is 0 Å². The Balaban J connectivity index is 1.62. The van der Waals surface area contributed by atoms with E-state index in [9.17, 15) is 13.2 Å². The minimum atomic E-state index is -3.70. The fourth-order valence-electron chi connectivity index (χ4n) is 2.56. The van der Waals surface area contributed by atoms with E-state index in [1.165, 1.54) is 18.3 Å². The Morgan fingerprint density at radius 3 is 2.59 bits per heavy atom. The van der Waals surface area contributed by atoms with Crippen molar-refractivity contribution in [3.05, 3.63) is 77.3 Å². The van der Waals surface area contributed by atoms with Crippen LogP contribution in [0.1, 0.15) is 0 Å². The normalized spacial score (nSPS) is 11.4. The molecule has 0 atom stereocenters. The standard InChI is InChI=1S/C18H14N4O4S/c23-18-20-16-15(9-10-19-17(16)21-18)26-13-6-4-5-12(11-13)22-27(24,25)14-7-2-1-3-8-14/h1-11,22H,(H2,19,20,21,23). The highest BCUT2D eigenvalue weighted by molar-refractivity contribution is 7.92. The molecular formula is C18H14N4O4S. The van der Waals surface area contributed by atoms with Crippen LogP contribution in [0.25, 0.3) is 11.2 Å². The number of benzene rings is 2. The van der Waals surface area contributed by atoms with E-state index in [1.54, 1.807) is 48.5 Å². The molecule has 0 saturated carbocycles. The molecule has 0 aliphatic rings. The lowest BCUT2D eigenvalue weighted by Gasteiger charge is -2.10. The Kier molecular flexibility index (Phi) is 4.13. The van der Waals surface area contributed by atoms with Gasteiger partial charge in [-0.3, -0.25) is 9.71 Å². The van der Waals surface area contributed by atoms with Crippen molar-refractivity contribution in [1.82, 2.24) is 15.0 Å². The molecule has 0 saturated heterocycles. The SMILES string of the molecule is O=c1[nH]c2nccc(Oc3cccc(NS(=O)(=O)c4ccccc4)c3)c2[nH]1. The highest BCUT2D eigenvalue weighted by Crippen LogP contribution is 2.28. The van der Waals surface area contributed by atoms with Crippen LogP contribution in [0.5, 0.6) is 11.5 Å². The zero-order valence-electron chi connectivity index (χ0n) is 13.8. The molecule has 0 radical (unpaired) electrons. The Hall–Kier alpha value is -3.59. The van der Waals surface area contributed by atoms with Gasteiger partial charge in [0.05, 0.1) is 10.6 Å². The first kappa shape index (κ1) is 16.9. The van der Waals surface area contributed by atoms with Crippen LogP contribution >= 0.6 is 0 Å². The maximum Gasteiger partial charge on any atom is 0.325 e. The van der Waals surface area contributed by atoms with Crippen molar-refractivity contribution in [3.63, 3.8) is 0 Å². The Labute approximate surface area is 153 Å². The smallest absolute Gasteiger partial charge is 0.325 e. The van der Waals surface area contributed by atoms with Gasteiger partial charge in [0, 0.05) is 18.3 Å². The molecule has 9 heteroatoms. The summed E-state index contributed by atoms with van der Waals surface area (Å²) in [6.45, 7) is 0. The van der Waals surface area contributed by atoms with Crippen LogP contribution in [0.3, 0.4) is 0 Å². The largest absolute Gasteiger partial charge is 0.455 e. The lowest BCUT2D eigenvalue weighted by Crippen LogP contribution is -2.12. The van der Waals surface area contributed by atoms with Gasteiger partial charge >= 0.3 is 5.69 Å². The quantitative estimate of drug-likeness (QED) is 0.491. The third-order valence-electron chi connectivity index (χ3n) is 3.75. The van der Waals surface area contributed by atoms with Gasteiger partial charge in [-0.05, 0) is 24.3 Å². The van der Waals surface area contributed by atoms with Crippen molar-refractivity contribution < 1.29 is 13.2 Å². The second-order valence-electron chi connectivity index (χ2n) is 5.66. The number of aromatic nitrogens is 3. The van der Waals surface area contributed by atoms with Crippen LogP contribution in [-0.2, 0) is 10.0 Å². The summed E-state index contributed by atoms with van der Waals surface area (Å²) < 4.78 is 33.2. The van der Waals surface area contributed by atoms with Gasteiger partial charge < -0.3 is 9.72 Å². The molecule has 8 nitrogen and oxygen atoms in total. The summed E-state index contributed by atoms with van der Waals surface area (Å²) in [6.07, 6.45) is 1.50. The van der Waals surface area contributed by atoms with Crippen LogP contribution < -0.4 is 15.1 Å². The fourth-order valence-corrected chi connectivity index (χ4v) is 3.63. The maximum atomic E-state index is 12.4. The third kappa shape index (κ3) is 3.53. The van der Waals surface area contributed by atoms with Gasteiger partial charge in [-0.1, -0.05) is 24.3 Å². The van der Waals surface area contributed by atoms with E-state index in [-0.39, 0.29) is 4.90 Å². The Morgan fingerprint density at radius 2 is 1.78 bits per heavy atom. The highest BCUT2D eigenvalue weighted by Gasteiger charge is 2.14. The molecule has 0 spiro atoms. The van der Waals surface area contributed by atoms with Gasteiger partial charge in [0.25, 0.3) is 10.0 Å². The first-order valence-corrected chi connectivity index (χ1v) is 9.42. The number of nitrogens with zero attached hydrogens (tertiary/aromatic N) is 1. The van der Waals surface area contributed by atoms with E-state index in [2.05, 4.69) is 19.7 Å². The molecule has 0 amide bonds. The van der Waals surface area contributed by atoms with Crippen molar-refractivity contribution >= 4 is 26.9 Å². The number of H-pyrrole nitrogens is 2. The lowest BCUT2D eigenvalue weighted by atomic mass is 10.3. The molecule has 2 aromatic heterocycles. The van der Waals surface area contributed by atoms with E-state index in [4.69, 9.17) is 4.74 Å². The monoisotopic (exact) mass is 382 g/mol. The zero-order chi connectivity index (χ0) is 18.9. The summed E-state index contributed by atoms with van der Waals surface area (Å²) in [5, 5.41) is 0. The maximum absolute atomic E-state index is 12.4. The fraction of sp³-hybridized carbons (Fsp3) is 0. The second kappa shape index (κ2) is 6.61. The van der Waals surface area contributed by atoms with Gasteiger partial charge in [-0.2, -0.15) is 0 Å². The molecule has 4 rings (SSSR count). The van der Waals surface area contributed by atoms with Crippen LogP contribution in [-0.4, -0.2) is 23.4 Å². The van der Waals surface area contributed by atoms with Gasteiger partial charge in [-0.25, -0.2) is 18.2 Å². The summed E-state index contributed by atoms with van der Waals surface area (Å²) in [7, 11) is -3.70. The molecule has 0 aliphatic carbocycles. The van der Waals surface area contributed by atoms with Crippen molar-refractivity contribution in [1.29, 1.82) is 0 Å². The number of ether oxygens (including phenoxy) is 1. The van der Waals surface area contributed by atoms with Gasteiger partial charge in [0.1, 0.15) is 11.3 Å². The van der Waals surface area contributed by atoms with E-state index < -0.39 is 15.7 Å². The van der Waals surface area contributed by atoms with Crippen molar-refractivity contribution in [2.24, 2.45) is 0 Å². The van der Waals surface area contributed by atoms with E-state index in [0.29, 0.717) is 28.4 Å². The number of fused-ring (bicyclic) bond motifs is 1. The van der Waals surface area contributed by atoms with Crippen molar-refractivity contribution in [3.8, 4) is 11.5 Å². The number of hydrogen-bond acceptors (Lipinski definition) is 5. The van der Waals surface area contributed by atoms with Crippen molar-refractivity contribution in [2.45, 2.75) is 4.90 Å². The van der Waals surface area contributed by atoms with Crippen molar-refractivity contribution in [2.75, 3.05) is 4.72 Å². The first-order valence-electron chi connectivity index (χ1n) is 7.94. The average Bonchev–Trinajstić information content (AvgIpc) is 3.04. The highest BCUT2D eigenvalue weighted by atomic mass is 32.2. The van der Waals surface area contributed by atoms with Gasteiger partial charge in [0.2, 0.25) is 0 Å². The number of anilines is 1. The molecule has 0 unspecified atom stereocenters. The number of sulfonamides is 1.